The predicted octanol–water partition coefficient (Wildman–Crippen LogP) is 3.97. The summed E-state index contributed by atoms with van der Waals surface area (Å²) in [6.07, 6.45) is 0.502. The molecule has 1 heterocycles. The molecular formula is C15H18ClNO2. The maximum Gasteiger partial charge on any atom is 0.309 e. The zero-order chi connectivity index (χ0) is 14.2. The highest BCUT2D eigenvalue weighted by atomic mass is 35.5. The second kappa shape index (κ2) is 4.89. The second-order valence-electron chi connectivity index (χ2n) is 5.45. The van der Waals surface area contributed by atoms with E-state index < -0.39 is 11.4 Å². The first-order valence-electron chi connectivity index (χ1n) is 6.36. The van der Waals surface area contributed by atoms with Gasteiger partial charge in [-0.2, -0.15) is 0 Å². The molecule has 0 aliphatic rings. The molecule has 0 radical (unpaired) electrons. The lowest BCUT2D eigenvalue weighted by molar-refractivity contribution is -0.146. The molecule has 1 aromatic carbocycles. The summed E-state index contributed by atoms with van der Waals surface area (Å²) >= 11 is 6.03. The SMILES string of the molecule is CCn1c(CC(C)(C)C(=O)O)cc2ccc(Cl)cc21. The second-order valence-corrected chi connectivity index (χ2v) is 5.89. The molecule has 0 fully saturated rings. The molecule has 1 aromatic heterocycles. The van der Waals surface area contributed by atoms with E-state index >= 15 is 0 Å². The van der Waals surface area contributed by atoms with Crippen LogP contribution in [0.15, 0.2) is 24.3 Å². The van der Waals surface area contributed by atoms with Gasteiger partial charge in [0.15, 0.2) is 0 Å². The van der Waals surface area contributed by atoms with Crippen LogP contribution in [-0.2, 0) is 17.8 Å². The van der Waals surface area contributed by atoms with Gasteiger partial charge in [0.2, 0.25) is 0 Å². The van der Waals surface area contributed by atoms with Crippen molar-refractivity contribution in [3.63, 3.8) is 0 Å². The number of benzene rings is 1. The minimum atomic E-state index is -0.779. The van der Waals surface area contributed by atoms with Gasteiger partial charge >= 0.3 is 5.97 Å². The minimum Gasteiger partial charge on any atom is -0.481 e. The molecule has 0 bridgehead atoms. The molecule has 0 aliphatic carbocycles. The summed E-state index contributed by atoms with van der Waals surface area (Å²) in [7, 11) is 0. The summed E-state index contributed by atoms with van der Waals surface area (Å²) in [6.45, 7) is 6.35. The van der Waals surface area contributed by atoms with Crippen molar-refractivity contribution in [3.8, 4) is 0 Å². The first kappa shape index (κ1) is 13.9. The first-order chi connectivity index (χ1) is 8.85. The van der Waals surface area contributed by atoms with Crippen molar-refractivity contribution in [1.82, 2.24) is 4.57 Å². The van der Waals surface area contributed by atoms with Crippen LogP contribution in [0.2, 0.25) is 5.02 Å². The largest absolute Gasteiger partial charge is 0.481 e. The fourth-order valence-corrected chi connectivity index (χ4v) is 2.50. The number of hydrogen-bond donors (Lipinski definition) is 1. The van der Waals surface area contributed by atoms with Crippen molar-refractivity contribution in [2.75, 3.05) is 0 Å². The molecule has 2 aromatic rings. The van der Waals surface area contributed by atoms with Crippen LogP contribution < -0.4 is 0 Å². The average molecular weight is 280 g/mol. The van der Waals surface area contributed by atoms with Gasteiger partial charge in [0, 0.05) is 29.2 Å². The summed E-state index contributed by atoms with van der Waals surface area (Å²) in [4.78, 5) is 11.3. The highest BCUT2D eigenvalue weighted by Crippen LogP contribution is 2.28. The molecule has 2 rings (SSSR count). The van der Waals surface area contributed by atoms with E-state index in [-0.39, 0.29) is 0 Å². The number of nitrogens with zero attached hydrogens (tertiary/aromatic N) is 1. The Balaban J connectivity index is 2.52. The number of halogens is 1. The fraction of sp³-hybridized carbons (Fsp3) is 0.400. The van der Waals surface area contributed by atoms with Crippen molar-refractivity contribution < 1.29 is 9.90 Å². The van der Waals surface area contributed by atoms with Crippen molar-refractivity contribution >= 4 is 28.5 Å². The van der Waals surface area contributed by atoms with Gasteiger partial charge in [-0.05, 0) is 44.4 Å². The van der Waals surface area contributed by atoms with E-state index in [1.165, 1.54) is 0 Å². The summed E-state index contributed by atoms with van der Waals surface area (Å²) in [5.74, 6) is -0.779. The molecule has 3 nitrogen and oxygen atoms in total. The molecular weight excluding hydrogens is 262 g/mol. The third kappa shape index (κ3) is 2.61. The Morgan fingerprint density at radius 3 is 2.63 bits per heavy atom. The van der Waals surface area contributed by atoms with E-state index in [9.17, 15) is 9.90 Å². The number of aryl methyl sites for hydroxylation is 1. The molecule has 0 atom stereocenters. The monoisotopic (exact) mass is 279 g/mol. The third-order valence-electron chi connectivity index (χ3n) is 3.47. The molecule has 4 heteroatoms. The number of aromatic nitrogens is 1. The summed E-state index contributed by atoms with van der Waals surface area (Å²) in [6, 6.07) is 7.81. The van der Waals surface area contributed by atoms with E-state index in [0.29, 0.717) is 11.4 Å². The molecule has 0 unspecified atom stereocenters. The lowest BCUT2D eigenvalue weighted by Gasteiger charge is -2.20. The van der Waals surface area contributed by atoms with Crippen molar-refractivity contribution in [1.29, 1.82) is 0 Å². The number of carboxylic acids is 1. The molecule has 0 aliphatic heterocycles. The Morgan fingerprint density at radius 2 is 2.05 bits per heavy atom. The first-order valence-corrected chi connectivity index (χ1v) is 6.74. The molecule has 1 N–H and O–H groups in total. The van der Waals surface area contributed by atoms with E-state index in [1.807, 2.05) is 18.2 Å². The van der Waals surface area contributed by atoms with Crippen LogP contribution in [0.5, 0.6) is 0 Å². The molecule has 102 valence electrons. The van der Waals surface area contributed by atoms with Gasteiger partial charge < -0.3 is 9.67 Å². The molecule has 0 saturated carbocycles. The Bertz CT molecular complexity index is 628. The predicted molar refractivity (Wildman–Crippen MR) is 77.7 cm³/mol. The van der Waals surface area contributed by atoms with Gasteiger partial charge in [-0.15, -0.1) is 0 Å². The third-order valence-corrected chi connectivity index (χ3v) is 3.71. The van der Waals surface area contributed by atoms with Gasteiger partial charge in [-0.25, -0.2) is 0 Å². The molecule has 19 heavy (non-hydrogen) atoms. The van der Waals surface area contributed by atoms with Crippen LogP contribution in [0.3, 0.4) is 0 Å². The lowest BCUT2D eigenvalue weighted by atomic mass is 9.88. The van der Waals surface area contributed by atoms with Gasteiger partial charge in [0.05, 0.1) is 5.41 Å². The number of rotatable bonds is 4. The van der Waals surface area contributed by atoms with Crippen LogP contribution in [0.25, 0.3) is 10.9 Å². The average Bonchev–Trinajstić information content (AvgIpc) is 2.64. The quantitative estimate of drug-likeness (QED) is 0.920. The van der Waals surface area contributed by atoms with Crippen LogP contribution in [-0.4, -0.2) is 15.6 Å². The minimum absolute atomic E-state index is 0.502. The summed E-state index contributed by atoms with van der Waals surface area (Å²) in [5.41, 5.74) is 1.32. The van der Waals surface area contributed by atoms with Gasteiger partial charge in [-0.1, -0.05) is 17.7 Å². The standard InChI is InChI=1S/C15H18ClNO2/c1-4-17-12(9-15(2,3)14(18)19)7-10-5-6-11(16)8-13(10)17/h5-8H,4,9H2,1-3H3,(H,18,19). The van der Waals surface area contributed by atoms with Crippen LogP contribution >= 0.6 is 11.6 Å². The topological polar surface area (TPSA) is 42.2 Å². The Kier molecular flexibility index (Phi) is 3.59. The Labute approximate surface area is 117 Å². The van der Waals surface area contributed by atoms with Gasteiger partial charge in [0.1, 0.15) is 0 Å². The van der Waals surface area contributed by atoms with Crippen LogP contribution in [0.1, 0.15) is 26.5 Å². The zero-order valence-electron chi connectivity index (χ0n) is 11.4. The van der Waals surface area contributed by atoms with E-state index in [2.05, 4.69) is 17.6 Å². The van der Waals surface area contributed by atoms with Crippen LogP contribution in [0.4, 0.5) is 0 Å². The number of fused-ring (bicyclic) bond motifs is 1. The number of aliphatic carboxylic acids is 1. The van der Waals surface area contributed by atoms with Gasteiger partial charge in [0.25, 0.3) is 0 Å². The lowest BCUT2D eigenvalue weighted by Crippen LogP contribution is -2.27. The van der Waals surface area contributed by atoms with Crippen molar-refractivity contribution in [2.45, 2.75) is 33.7 Å². The van der Waals surface area contributed by atoms with Crippen molar-refractivity contribution in [3.05, 3.63) is 35.0 Å². The summed E-state index contributed by atoms with van der Waals surface area (Å²) in [5, 5.41) is 11.1. The maximum atomic E-state index is 11.3. The zero-order valence-corrected chi connectivity index (χ0v) is 12.2. The molecule has 0 spiro atoms. The Hall–Kier alpha value is -1.48. The number of carboxylic acid groups (broad SMARTS) is 1. The molecule has 0 amide bonds. The van der Waals surface area contributed by atoms with E-state index in [4.69, 9.17) is 11.6 Å². The smallest absolute Gasteiger partial charge is 0.309 e. The van der Waals surface area contributed by atoms with Crippen LogP contribution in [0, 0.1) is 5.41 Å². The van der Waals surface area contributed by atoms with Gasteiger partial charge in [-0.3, -0.25) is 4.79 Å². The van der Waals surface area contributed by atoms with Crippen molar-refractivity contribution in [2.24, 2.45) is 5.41 Å². The fourth-order valence-electron chi connectivity index (χ4n) is 2.33. The highest BCUT2D eigenvalue weighted by Gasteiger charge is 2.29. The normalized spacial score (nSPS) is 12.0. The van der Waals surface area contributed by atoms with E-state index in [1.54, 1.807) is 13.8 Å². The maximum absolute atomic E-state index is 11.3. The van der Waals surface area contributed by atoms with E-state index in [0.717, 1.165) is 23.1 Å². The number of hydrogen-bond acceptors (Lipinski definition) is 1. The molecule has 0 saturated heterocycles. The summed E-state index contributed by atoms with van der Waals surface area (Å²) < 4.78 is 2.13. The highest BCUT2D eigenvalue weighted by molar-refractivity contribution is 6.31. The Morgan fingerprint density at radius 1 is 1.37 bits per heavy atom. The number of carbonyl (C=O) groups is 1.